The summed E-state index contributed by atoms with van der Waals surface area (Å²) >= 11 is 0. The van der Waals surface area contributed by atoms with Crippen LogP contribution in [0.3, 0.4) is 0 Å². The van der Waals surface area contributed by atoms with Crippen molar-refractivity contribution in [1.29, 1.82) is 0 Å². The summed E-state index contributed by atoms with van der Waals surface area (Å²) in [5.74, 6) is 1.17. The normalized spacial score (nSPS) is 15.2. The maximum Gasteiger partial charge on any atom is 0.260 e. The van der Waals surface area contributed by atoms with Gasteiger partial charge in [0.2, 0.25) is 0 Å². The second kappa shape index (κ2) is 9.89. The highest BCUT2D eigenvalue weighted by Crippen LogP contribution is 2.40. The summed E-state index contributed by atoms with van der Waals surface area (Å²) in [5, 5.41) is 3.35. The van der Waals surface area contributed by atoms with Crippen LogP contribution in [0.2, 0.25) is 0 Å². The molecule has 0 radical (unpaired) electrons. The number of pyridine rings is 1. The van der Waals surface area contributed by atoms with Gasteiger partial charge in [0.1, 0.15) is 11.6 Å². The van der Waals surface area contributed by atoms with E-state index >= 15 is 0 Å². The maximum atomic E-state index is 13.0. The van der Waals surface area contributed by atoms with E-state index in [1.807, 2.05) is 66.2 Å². The van der Waals surface area contributed by atoms with Crippen LogP contribution in [0, 0.1) is 0 Å². The second-order valence-electron chi connectivity index (χ2n) is 9.12. The Morgan fingerprint density at radius 3 is 2.53 bits per heavy atom. The molecule has 2 aliphatic heterocycles. The Morgan fingerprint density at radius 1 is 0.972 bits per heavy atom. The molecule has 3 aromatic rings. The van der Waals surface area contributed by atoms with Crippen LogP contribution in [0.25, 0.3) is 0 Å². The van der Waals surface area contributed by atoms with Crippen LogP contribution < -0.4 is 19.9 Å². The lowest BCUT2D eigenvalue weighted by Crippen LogP contribution is -2.35. The van der Waals surface area contributed by atoms with Crippen molar-refractivity contribution in [2.24, 2.45) is 0 Å². The monoisotopic (exact) mass is 485 g/mol. The van der Waals surface area contributed by atoms with Crippen molar-refractivity contribution >= 4 is 40.4 Å². The number of hydrogen-bond acceptors (Lipinski definition) is 6. The fourth-order valence-electron chi connectivity index (χ4n) is 4.85. The number of nitrogens with one attached hydrogen (secondary N) is 1. The number of rotatable bonds is 5. The van der Waals surface area contributed by atoms with E-state index in [9.17, 15) is 9.59 Å². The Balaban J connectivity index is 1.46. The molecule has 1 fully saturated rings. The summed E-state index contributed by atoms with van der Waals surface area (Å²) in [6, 6.07) is 15.0. The number of benzene rings is 2. The minimum absolute atomic E-state index is 0.0401. The first-order valence-electron chi connectivity index (χ1n) is 12.4. The summed E-state index contributed by atoms with van der Waals surface area (Å²) < 4.78 is 5.89. The number of amides is 2. The van der Waals surface area contributed by atoms with Gasteiger partial charge in [-0.2, -0.15) is 0 Å². The summed E-state index contributed by atoms with van der Waals surface area (Å²) in [4.78, 5) is 36.2. The van der Waals surface area contributed by atoms with Crippen molar-refractivity contribution < 1.29 is 14.3 Å². The molecule has 36 heavy (non-hydrogen) atoms. The van der Waals surface area contributed by atoms with Crippen LogP contribution in [0.5, 0.6) is 5.75 Å². The van der Waals surface area contributed by atoms with Gasteiger partial charge in [-0.15, -0.1) is 0 Å². The largest absolute Gasteiger partial charge is 0.492 e. The Kier molecular flexibility index (Phi) is 6.50. The molecule has 0 unspecified atom stereocenters. The highest BCUT2D eigenvalue weighted by molar-refractivity contribution is 6.13. The van der Waals surface area contributed by atoms with Crippen molar-refractivity contribution in [2.75, 3.05) is 48.9 Å². The smallest absolute Gasteiger partial charge is 0.260 e. The molecule has 8 nitrogen and oxygen atoms in total. The minimum Gasteiger partial charge on any atom is -0.492 e. The van der Waals surface area contributed by atoms with Crippen molar-refractivity contribution in [2.45, 2.75) is 26.2 Å². The predicted octanol–water partition coefficient (Wildman–Crippen LogP) is 5.21. The standard InChI is InChI=1S/C28H31N5O3/c1-4-36-25-16-19(27(34)33-14-8-5-9-15-33)12-13-21(25)30-26-17-23-24(18-29-26)32(3)28(35)20-10-6-7-11-22(20)31(23)2/h6-7,10-13,16-18H,4-5,8-9,14-15H2,1-3H3,(H,29,30). The molecule has 186 valence electrons. The van der Waals surface area contributed by atoms with Gasteiger partial charge < -0.3 is 24.8 Å². The fraction of sp³-hybridized carbons (Fsp3) is 0.321. The van der Waals surface area contributed by atoms with Crippen LogP contribution in [0.4, 0.5) is 28.6 Å². The van der Waals surface area contributed by atoms with Gasteiger partial charge in [-0.1, -0.05) is 12.1 Å². The van der Waals surface area contributed by atoms with Crippen molar-refractivity contribution in [3.63, 3.8) is 0 Å². The van der Waals surface area contributed by atoms with Crippen molar-refractivity contribution in [1.82, 2.24) is 9.88 Å². The van der Waals surface area contributed by atoms with E-state index in [0.717, 1.165) is 48.7 Å². The molecular formula is C28H31N5O3. The Hall–Kier alpha value is -4.07. The number of para-hydroxylation sites is 1. The van der Waals surface area contributed by atoms with Crippen LogP contribution in [-0.2, 0) is 0 Å². The van der Waals surface area contributed by atoms with Gasteiger partial charge in [-0.3, -0.25) is 9.59 Å². The lowest BCUT2D eigenvalue weighted by molar-refractivity contribution is 0.0723. The van der Waals surface area contributed by atoms with Crippen LogP contribution in [0.15, 0.2) is 54.7 Å². The molecule has 0 saturated carbocycles. The highest BCUT2D eigenvalue weighted by atomic mass is 16.5. The summed E-state index contributed by atoms with van der Waals surface area (Å²) in [7, 11) is 3.71. The van der Waals surface area contributed by atoms with Gasteiger partial charge in [-0.05, 0) is 56.5 Å². The molecule has 0 aliphatic carbocycles. The van der Waals surface area contributed by atoms with Gasteiger partial charge >= 0.3 is 0 Å². The van der Waals surface area contributed by atoms with Gasteiger partial charge in [0.15, 0.2) is 0 Å². The topological polar surface area (TPSA) is 78.0 Å². The molecule has 2 aromatic carbocycles. The Morgan fingerprint density at radius 2 is 1.75 bits per heavy atom. The van der Waals surface area contributed by atoms with E-state index in [2.05, 4.69) is 10.3 Å². The number of likely N-dealkylation sites (tertiary alicyclic amines) is 1. The molecule has 1 aromatic heterocycles. The molecule has 2 aliphatic rings. The zero-order chi connectivity index (χ0) is 25.2. The van der Waals surface area contributed by atoms with E-state index in [-0.39, 0.29) is 11.8 Å². The number of ether oxygens (including phenoxy) is 1. The molecule has 8 heteroatoms. The van der Waals surface area contributed by atoms with E-state index in [1.54, 1.807) is 24.2 Å². The Bertz CT molecular complexity index is 1300. The quantitative estimate of drug-likeness (QED) is 0.535. The Labute approximate surface area is 211 Å². The first-order valence-corrected chi connectivity index (χ1v) is 12.4. The third-order valence-corrected chi connectivity index (χ3v) is 6.82. The molecule has 1 N–H and O–H groups in total. The van der Waals surface area contributed by atoms with Gasteiger partial charge in [0.05, 0.1) is 41.1 Å². The molecule has 1 saturated heterocycles. The lowest BCUT2D eigenvalue weighted by atomic mass is 10.1. The molecule has 0 bridgehead atoms. The number of fused-ring (bicyclic) bond motifs is 2. The summed E-state index contributed by atoms with van der Waals surface area (Å²) in [6.45, 7) is 3.99. The van der Waals surface area contributed by atoms with Gasteiger partial charge in [0.25, 0.3) is 11.8 Å². The molecule has 2 amide bonds. The van der Waals surface area contributed by atoms with Gasteiger partial charge in [-0.25, -0.2) is 4.98 Å². The van der Waals surface area contributed by atoms with Crippen molar-refractivity contribution in [3.05, 3.63) is 65.9 Å². The molecule has 0 spiro atoms. The van der Waals surface area contributed by atoms with Crippen molar-refractivity contribution in [3.8, 4) is 5.75 Å². The number of hydrogen-bond donors (Lipinski definition) is 1. The number of aromatic nitrogens is 1. The number of anilines is 5. The predicted molar refractivity (Wildman–Crippen MR) is 142 cm³/mol. The van der Waals surface area contributed by atoms with Crippen LogP contribution in [-0.4, -0.2) is 55.5 Å². The third-order valence-electron chi connectivity index (χ3n) is 6.82. The van der Waals surface area contributed by atoms with E-state index in [4.69, 9.17) is 4.74 Å². The molecule has 0 atom stereocenters. The molecule has 5 rings (SSSR count). The highest BCUT2D eigenvalue weighted by Gasteiger charge is 2.28. The van der Waals surface area contributed by atoms with E-state index in [0.29, 0.717) is 29.3 Å². The number of nitrogens with zero attached hydrogens (tertiary/aromatic N) is 4. The van der Waals surface area contributed by atoms with Crippen LogP contribution in [0.1, 0.15) is 46.9 Å². The molecular weight excluding hydrogens is 454 g/mol. The fourth-order valence-corrected chi connectivity index (χ4v) is 4.85. The number of piperidine rings is 1. The summed E-state index contributed by atoms with van der Waals surface area (Å²) in [6.07, 6.45) is 4.97. The first-order chi connectivity index (χ1) is 17.5. The number of carbonyl (C=O) groups is 2. The average Bonchev–Trinajstić information content (AvgIpc) is 2.99. The number of carbonyl (C=O) groups excluding carboxylic acids is 2. The maximum absolute atomic E-state index is 13.0. The van der Waals surface area contributed by atoms with E-state index in [1.165, 1.54) is 6.42 Å². The zero-order valence-corrected chi connectivity index (χ0v) is 21.0. The average molecular weight is 486 g/mol. The molecule has 3 heterocycles. The van der Waals surface area contributed by atoms with Gasteiger partial charge in [0, 0.05) is 38.8 Å². The zero-order valence-electron chi connectivity index (χ0n) is 21.0. The second-order valence-corrected chi connectivity index (χ2v) is 9.12. The third kappa shape index (κ3) is 4.34. The van der Waals surface area contributed by atoms with Crippen LogP contribution >= 0.6 is 0 Å². The SMILES string of the molecule is CCOc1cc(C(=O)N2CCCCC2)ccc1Nc1cc2c(cn1)N(C)C(=O)c1ccccc1N2C. The minimum atomic E-state index is -0.0775. The van der Waals surface area contributed by atoms with E-state index < -0.39 is 0 Å². The lowest BCUT2D eigenvalue weighted by Gasteiger charge is -2.27. The summed E-state index contributed by atoms with van der Waals surface area (Å²) in [5.41, 5.74) is 4.39. The first kappa shape index (κ1) is 23.7.